The van der Waals surface area contributed by atoms with E-state index in [0.29, 0.717) is 5.02 Å². The molecule has 144 heavy (non-hydrogen) atoms. The molecule has 6 nitrogen and oxygen atoms in total. The largest absolute Gasteiger partial charge is 0.456 e. The summed E-state index contributed by atoms with van der Waals surface area (Å²) in [5, 5.41) is 17.5. The Bertz CT molecular complexity index is 9180. The zero-order valence-corrected chi connectivity index (χ0v) is 81.7. The maximum atomic E-state index is 6.65. The van der Waals surface area contributed by atoms with E-state index in [1.807, 2.05) is 133 Å². The molecule has 0 N–H and O–H groups in total. The first-order chi connectivity index (χ1) is 71.1. The van der Waals surface area contributed by atoms with Gasteiger partial charge in [-0.3, -0.25) is 0 Å². The summed E-state index contributed by atoms with van der Waals surface area (Å²) in [5.74, 6) is 0. The molecule has 0 radical (unpaired) electrons. The third-order valence-electron chi connectivity index (χ3n) is 27.3. The molecule has 11 heteroatoms. The van der Waals surface area contributed by atoms with E-state index in [4.69, 9.17) is 55.2 Å². The molecule has 0 unspecified atom stereocenters. The minimum Gasteiger partial charge on any atom is -0.456 e. The molecule has 1 aliphatic carbocycles. The Morgan fingerprint density at radius 1 is 0.194 bits per heavy atom. The van der Waals surface area contributed by atoms with Gasteiger partial charge in [0.2, 0.25) is 0 Å². The first-order valence-electron chi connectivity index (χ1n) is 48.1. The average Bonchev–Trinajstić information content (AvgIpc) is 1.53. The van der Waals surface area contributed by atoms with Gasteiger partial charge in [0.25, 0.3) is 0 Å². The third kappa shape index (κ3) is 16.9. The van der Waals surface area contributed by atoms with Crippen LogP contribution in [0.25, 0.3) is 130 Å². The van der Waals surface area contributed by atoms with Crippen LogP contribution in [0.3, 0.4) is 0 Å². The van der Waals surface area contributed by atoms with Crippen molar-refractivity contribution in [2.75, 3.05) is 19.6 Å². The van der Waals surface area contributed by atoms with Crippen LogP contribution < -0.4 is 19.6 Å². The maximum Gasteiger partial charge on any atom is 0.159 e. The van der Waals surface area contributed by atoms with Gasteiger partial charge in [-0.1, -0.05) is 398 Å². The third-order valence-corrected chi connectivity index (χ3v) is 29.4. The highest BCUT2D eigenvalue weighted by atomic mass is 35.5. The van der Waals surface area contributed by atoms with Crippen molar-refractivity contribution >= 4 is 222 Å². The number of thiophene rings is 1. The maximum absolute atomic E-state index is 6.65. The molecule has 0 bridgehead atoms. The molecule has 0 amide bonds. The first-order valence-corrected chi connectivity index (χ1v) is 50.4. The van der Waals surface area contributed by atoms with Gasteiger partial charge in [-0.15, -0.1) is 11.3 Å². The van der Waals surface area contributed by atoms with Crippen molar-refractivity contribution in [1.29, 1.82) is 0 Å². The van der Waals surface area contributed by atoms with E-state index in [2.05, 4.69) is 432 Å². The Morgan fingerprint density at radius 2 is 0.549 bits per heavy atom. The standard InChI is InChI=1S/C43H28ClNO.C30H20ClNO.C30H20ClNS.C30H20ClN/c44-31-16-11-18-33(28-31)45(40-25-12-22-37-36-21-6-9-26-41(36)46-42(37)40)32-17-10-15-30(27-32)43(29-13-2-1-3-14-29)38-23-7-4-19-34(38)35-20-5-8-24-39(35)43;31-23-9-6-8-22(20-23)21-16-18-25(19-17-21)32(24-10-2-1-3-11-24)27-13-7-15-29-30(27)26-12-4-5-14-28(26)33-29;31-23-10-6-11-25(20-23)32(24-18-16-22(17-19-24)21-8-2-1-3-9-21)28-14-7-13-27-26-12-4-5-15-29(26)33-30(27)28;31-21-9-8-12-23(19-21)32(22-10-2-1-3-11-22)24-17-18-29-27-15-5-4-13-25(27)26-14-6-7-16-28(26)30(29)20-24/h1-28H;2*1-20H;1-20H. The van der Waals surface area contributed by atoms with E-state index in [9.17, 15) is 0 Å². The van der Waals surface area contributed by atoms with Gasteiger partial charge in [-0.2, -0.15) is 0 Å². The molecule has 0 saturated carbocycles. The summed E-state index contributed by atoms with van der Waals surface area (Å²) in [6, 6.07) is 187. The van der Waals surface area contributed by atoms with E-state index in [-0.39, 0.29) is 0 Å². The van der Waals surface area contributed by atoms with Crippen LogP contribution in [0.4, 0.5) is 68.2 Å². The summed E-state index contributed by atoms with van der Waals surface area (Å²) in [6.45, 7) is 0. The summed E-state index contributed by atoms with van der Waals surface area (Å²) < 4.78 is 15.3. The van der Waals surface area contributed by atoms with Crippen LogP contribution in [0.2, 0.25) is 20.1 Å². The van der Waals surface area contributed by atoms with Gasteiger partial charge < -0.3 is 28.4 Å². The van der Waals surface area contributed by atoms with Crippen molar-refractivity contribution < 1.29 is 8.83 Å². The molecule has 0 saturated heterocycles. The molecule has 0 fully saturated rings. The molecular weight excluding hydrogens is 1860 g/mol. The lowest BCUT2D eigenvalue weighted by Gasteiger charge is -2.35. The Labute approximate surface area is 858 Å². The molecule has 0 atom stereocenters. The Balaban J connectivity index is 0.000000105. The SMILES string of the molecule is Clc1cccc(-c2ccc(N(c3ccccc3)c3cccc4oc5ccccc5c34)cc2)c1.Clc1cccc(N(c2ccc(-c3ccccc3)cc2)c2cccc3c2sc2ccccc23)c1.Clc1cccc(N(c2cccc(C3(c4ccccc4)c4ccccc4-c4ccccc43)c2)c2cccc3c2oc2ccccc23)c1.Clc1cccc(N(c2ccccc2)c2ccc3c4ccccc4c4ccccc4c3c2)c1. The van der Waals surface area contributed by atoms with Crippen molar-refractivity contribution in [3.63, 3.8) is 0 Å². The summed E-state index contributed by atoms with van der Waals surface area (Å²) in [7, 11) is 0. The van der Waals surface area contributed by atoms with Crippen molar-refractivity contribution in [1.82, 2.24) is 0 Å². The van der Waals surface area contributed by atoms with Gasteiger partial charge in [0.15, 0.2) is 5.58 Å². The van der Waals surface area contributed by atoms with Gasteiger partial charge in [-0.05, 0) is 270 Å². The molecular formula is C133H88Cl4N4O2S. The lowest BCUT2D eigenvalue weighted by atomic mass is 9.67. The number of halogens is 4. The topological polar surface area (TPSA) is 39.2 Å². The van der Waals surface area contributed by atoms with Crippen LogP contribution in [-0.2, 0) is 5.41 Å². The second-order valence-corrected chi connectivity index (χ2v) is 38.6. The lowest BCUT2D eigenvalue weighted by molar-refractivity contribution is 0.668. The smallest absolute Gasteiger partial charge is 0.159 e. The lowest BCUT2D eigenvalue weighted by Crippen LogP contribution is -2.28. The molecule has 0 aliphatic heterocycles. The predicted molar refractivity (Wildman–Crippen MR) is 613 cm³/mol. The van der Waals surface area contributed by atoms with E-state index in [1.54, 1.807) is 0 Å². The summed E-state index contributed by atoms with van der Waals surface area (Å²) in [6.07, 6.45) is 0. The Hall–Kier alpha value is -17.0. The summed E-state index contributed by atoms with van der Waals surface area (Å²) >= 11 is 27.5. The van der Waals surface area contributed by atoms with E-state index >= 15 is 0 Å². The first kappa shape index (κ1) is 89.6. The number of anilines is 12. The number of rotatable bonds is 16. The van der Waals surface area contributed by atoms with Gasteiger partial charge in [0, 0.05) is 103 Å². The van der Waals surface area contributed by atoms with Crippen LogP contribution in [0.15, 0.2) is 543 Å². The number of nitrogens with zero attached hydrogens (tertiary/aromatic N) is 4. The molecule has 3 aromatic heterocycles. The predicted octanol–water partition coefficient (Wildman–Crippen LogP) is 40.6. The van der Waals surface area contributed by atoms with Crippen LogP contribution in [-0.4, -0.2) is 0 Å². The van der Waals surface area contributed by atoms with Crippen LogP contribution in [0, 0.1) is 0 Å². The minimum atomic E-state index is -0.504. The van der Waals surface area contributed by atoms with Crippen molar-refractivity contribution in [3.05, 3.63) is 576 Å². The van der Waals surface area contributed by atoms with Gasteiger partial charge in [0.1, 0.15) is 16.7 Å². The molecule has 1 aliphatic rings. The van der Waals surface area contributed by atoms with Gasteiger partial charge in [-0.25, -0.2) is 0 Å². The van der Waals surface area contributed by atoms with E-state index < -0.39 is 5.41 Å². The number of benzene rings is 23. The highest BCUT2D eigenvalue weighted by Gasteiger charge is 2.46. The molecule has 23 aromatic carbocycles. The summed E-state index contributed by atoms with van der Waals surface area (Å²) in [5.41, 5.74) is 27.9. The number of fused-ring (bicyclic) bond motifs is 18. The fourth-order valence-corrected chi connectivity index (χ4v) is 23.0. The van der Waals surface area contributed by atoms with Crippen LogP contribution in [0.5, 0.6) is 0 Å². The molecule has 686 valence electrons. The van der Waals surface area contributed by atoms with Crippen molar-refractivity contribution in [2.24, 2.45) is 0 Å². The van der Waals surface area contributed by atoms with Crippen LogP contribution in [0.1, 0.15) is 22.3 Å². The zero-order chi connectivity index (χ0) is 96.6. The van der Waals surface area contributed by atoms with E-state index in [1.165, 1.54) is 97.0 Å². The average molecular weight is 1950 g/mol. The molecule has 26 aromatic rings. The van der Waals surface area contributed by atoms with E-state index in [0.717, 1.165) is 138 Å². The zero-order valence-electron chi connectivity index (χ0n) is 77.8. The van der Waals surface area contributed by atoms with Gasteiger partial charge >= 0.3 is 0 Å². The monoisotopic (exact) mass is 1940 g/mol. The van der Waals surface area contributed by atoms with Crippen LogP contribution >= 0.6 is 57.7 Å². The second kappa shape index (κ2) is 39.2. The number of para-hydroxylation sites is 5. The van der Waals surface area contributed by atoms with Gasteiger partial charge in [0.05, 0.1) is 32.6 Å². The Morgan fingerprint density at radius 3 is 1.14 bits per heavy atom. The molecule has 0 spiro atoms. The minimum absolute atomic E-state index is 0.504. The highest BCUT2D eigenvalue weighted by molar-refractivity contribution is 7.26. The quantitative estimate of drug-likeness (QED) is 0.0898. The summed E-state index contributed by atoms with van der Waals surface area (Å²) in [4.78, 5) is 9.12. The number of furan rings is 2. The molecule has 3 heterocycles. The van der Waals surface area contributed by atoms with Crippen molar-refractivity contribution in [3.8, 4) is 33.4 Å². The fraction of sp³-hybridized carbons (Fsp3) is 0.00752. The second-order valence-electron chi connectivity index (χ2n) is 35.8. The Kier molecular flexibility index (Phi) is 24.4. The number of hydrogen-bond donors (Lipinski definition) is 0. The van der Waals surface area contributed by atoms with Crippen molar-refractivity contribution in [2.45, 2.75) is 5.41 Å². The normalized spacial score (nSPS) is 11.8. The fourth-order valence-electron chi connectivity index (χ4n) is 21.0. The highest BCUT2D eigenvalue weighted by Crippen LogP contribution is 2.58. The number of hydrogen-bond acceptors (Lipinski definition) is 7. The molecule has 27 rings (SSSR count).